The lowest BCUT2D eigenvalue weighted by Crippen LogP contribution is -2.36. The molecule has 0 saturated carbocycles. The van der Waals surface area contributed by atoms with Gasteiger partial charge in [-0.2, -0.15) is 0 Å². The van der Waals surface area contributed by atoms with Gasteiger partial charge in [0.15, 0.2) is 0 Å². The highest BCUT2D eigenvalue weighted by Gasteiger charge is 2.28. The second-order valence-electron chi connectivity index (χ2n) is 10.7. The number of tetrazole rings is 1. The molecule has 2 N–H and O–H groups in total. The molecule has 0 unspecified atom stereocenters. The average Bonchev–Trinajstić information content (AvgIpc) is 3.55. The van der Waals surface area contributed by atoms with E-state index < -0.39 is 6.09 Å². The molecule has 0 aliphatic carbocycles. The lowest BCUT2D eigenvalue weighted by molar-refractivity contribution is -0.497. The predicted molar refractivity (Wildman–Crippen MR) is 162 cm³/mol. The minimum atomic E-state index is -0.798. The highest BCUT2D eigenvalue weighted by Crippen LogP contribution is 2.32. The molecule has 6 rings (SSSR count). The van der Waals surface area contributed by atoms with Crippen LogP contribution >= 0.6 is 0 Å². The first-order valence-corrected chi connectivity index (χ1v) is 14.4. The van der Waals surface area contributed by atoms with E-state index in [-0.39, 0.29) is 30.3 Å². The number of carbonyl (C=O) groups excluding carboxylic acids is 2. The van der Waals surface area contributed by atoms with E-state index in [1.807, 2.05) is 62.4 Å². The van der Waals surface area contributed by atoms with Crippen LogP contribution in [0.5, 0.6) is 0 Å². The van der Waals surface area contributed by atoms with Gasteiger partial charge in [0.1, 0.15) is 18.2 Å². The molecule has 14 heteroatoms. The molecule has 1 amide bonds. The Bertz CT molecular complexity index is 1880. The first-order chi connectivity index (χ1) is 22.2. The standard InChI is InChI=1S/C32H30N8O6/c1-20-26-15-16-29(41)38(31(26)34-21(2)33-20)17-22-11-13-25(14-12-22)27-5-3-4-6-28(27)30-35-37-39(36-30)32(42)45-18-23-7-9-24(10-8-23)19-46-40(43)44/h3-14,43-44H,15-19H2,1-2H3. The third kappa shape index (κ3) is 6.79. The molecule has 0 bridgehead atoms. The van der Waals surface area contributed by atoms with E-state index >= 15 is 0 Å². The number of nitrogens with zero attached hydrogens (tertiary/aromatic N) is 8. The summed E-state index contributed by atoms with van der Waals surface area (Å²) in [4.78, 5) is 41.7. The van der Waals surface area contributed by atoms with Crippen LogP contribution in [0.2, 0.25) is 0 Å². The lowest BCUT2D eigenvalue weighted by atomic mass is 9.98. The van der Waals surface area contributed by atoms with Crippen molar-refractivity contribution in [1.82, 2.24) is 35.6 Å². The van der Waals surface area contributed by atoms with Gasteiger partial charge in [-0.3, -0.25) is 20.1 Å². The molecule has 2 aromatic heterocycles. The molecule has 0 fully saturated rings. The number of carbonyl (C=O) groups is 2. The average molecular weight is 623 g/mol. The number of fused-ring (bicyclic) bond motifs is 1. The van der Waals surface area contributed by atoms with E-state index in [0.717, 1.165) is 32.7 Å². The van der Waals surface area contributed by atoms with Crippen LogP contribution in [0, 0.1) is 13.8 Å². The Morgan fingerprint density at radius 1 is 0.870 bits per heavy atom. The molecule has 3 aromatic carbocycles. The Hall–Kier alpha value is -5.41. The monoisotopic (exact) mass is 622 g/mol. The Morgan fingerprint density at radius 3 is 2.26 bits per heavy atom. The number of hydrogen-bond acceptors (Lipinski definition) is 12. The van der Waals surface area contributed by atoms with Crippen molar-refractivity contribution < 1.29 is 29.6 Å². The summed E-state index contributed by atoms with van der Waals surface area (Å²) in [5, 5.41) is 29.2. The third-order valence-corrected chi connectivity index (χ3v) is 7.53. The highest BCUT2D eigenvalue weighted by molar-refractivity contribution is 5.95. The summed E-state index contributed by atoms with van der Waals surface area (Å²) in [6, 6.07) is 22.3. The summed E-state index contributed by atoms with van der Waals surface area (Å²) in [5.74, 6) is 1.61. The van der Waals surface area contributed by atoms with Crippen LogP contribution in [0.3, 0.4) is 0 Å². The molecule has 0 spiro atoms. The third-order valence-electron chi connectivity index (χ3n) is 7.53. The zero-order chi connectivity index (χ0) is 32.2. The molecule has 3 heterocycles. The first kappa shape index (κ1) is 30.6. The maximum absolute atomic E-state index is 12.9. The van der Waals surface area contributed by atoms with Crippen LogP contribution in [-0.4, -0.2) is 58.0 Å². The van der Waals surface area contributed by atoms with Gasteiger partial charge in [-0.05, 0) is 53.3 Å². The van der Waals surface area contributed by atoms with Crippen molar-refractivity contribution in [2.24, 2.45) is 0 Å². The normalized spacial score (nSPS) is 12.8. The molecule has 234 valence electrons. The van der Waals surface area contributed by atoms with Gasteiger partial charge >= 0.3 is 6.09 Å². The van der Waals surface area contributed by atoms with Gasteiger partial charge in [0.2, 0.25) is 11.7 Å². The summed E-state index contributed by atoms with van der Waals surface area (Å²) in [5.41, 5.74) is 6.68. The highest BCUT2D eigenvalue weighted by atomic mass is 17.1. The molecule has 46 heavy (non-hydrogen) atoms. The fourth-order valence-electron chi connectivity index (χ4n) is 5.25. The molecular weight excluding hydrogens is 592 g/mol. The summed E-state index contributed by atoms with van der Waals surface area (Å²) < 4.78 is 5.34. The van der Waals surface area contributed by atoms with E-state index in [1.54, 1.807) is 29.2 Å². The maximum Gasteiger partial charge on any atom is 0.454 e. The predicted octanol–water partition coefficient (Wildman–Crippen LogP) is 4.59. The second-order valence-corrected chi connectivity index (χ2v) is 10.7. The summed E-state index contributed by atoms with van der Waals surface area (Å²) in [7, 11) is 0. The van der Waals surface area contributed by atoms with E-state index in [9.17, 15) is 9.59 Å². The number of aryl methyl sites for hydroxylation is 2. The van der Waals surface area contributed by atoms with E-state index in [0.29, 0.717) is 47.7 Å². The minimum absolute atomic E-state index is 0.0350. The summed E-state index contributed by atoms with van der Waals surface area (Å²) in [6.45, 7) is 4.10. The quantitative estimate of drug-likeness (QED) is 0.220. The molecule has 0 saturated heterocycles. The van der Waals surface area contributed by atoms with E-state index in [2.05, 4.69) is 30.2 Å². The molecule has 1 aliphatic heterocycles. The molecule has 14 nitrogen and oxygen atoms in total. The van der Waals surface area contributed by atoms with E-state index in [4.69, 9.17) is 15.2 Å². The Balaban J connectivity index is 1.14. The summed E-state index contributed by atoms with van der Waals surface area (Å²) >= 11 is 0. The number of anilines is 1. The molecule has 0 atom stereocenters. The maximum atomic E-state index is 12.9. The van der Waals surface area contributed by atoms with Gasteiger partial charge in [-0.25, -0.2) is 19.6 Å². The Labute approximate surface area is 263 Å². The van der Waals surface area contributed by atoms with Crippen molar-refractivity contribution in [3.8, 4) is 22.5 Å². The number of aromatic nitrogens is 6. The van der Waals surface area contributed by atoms with Crippen LogP contribution < -0.4 is 4.90 Å². The van der Waals surface area contributed by atoms with Crippen molar-refractivity contribution in [1.29, 1.82) is 0 Å². The van der Waals surface area contributed by atoms with Crippen LogP contribution in [-0.2, 0) is 40.5 Å². The van der Waals surface area contributed by atoms with Gasteiger partial charge in [0, 0.05) is 23.2 Å². The molecular formula is C32H30N8O6. The van der Waals surface area contributed by atoms with Crippen molar-refractivity contribution in [2.45, 2.75) is 46.4 Å². The molecule has 0 radical (unpaired) electrons. The van der Waals surface area contributed by atoms with Crippen LogP contribution in [0.25, 0.3) is 22.5 Å². The number of rotatable bonds is 9. The summed E-state index contributed by atoms with van der Waals surface area (Å²) in [6.07, 6.45) is 0.271. The second kappa shape index (κ2) is 13.3. The van der Waals surface area contributed by atoms with Crippen molar-refractivity contribution in [3.63, 3.8) is 0 Å². The van der Waals surface area contributed by atoms with Gasteiger partial charge < -0.3 is 4.74 Å². The SMILES string of the molecule is Cc1nc(C)c2c(n1)N(Cc1ccc(-c3ccccc3-c3nnn(C(=O)OCc4ccc(CON(O)O)cc4)n3)cc1)C(=O)CC2. The number of ether oxygens (including phenoxy) is 1. The minimum Gasteiger partial charge on any atom is -0.442 e. The van der Waals surface area contributed by atoms with Crippen molar-refractivity contribution in [3.05, 3.63) is 107 Å². The number of amides is 1. The number of benzene rings is 3. The van der Waals surface area contributed by atoms with Crippen LogP contribution in [0.4, 0.5) is 10.6 Å². The van der Waals surface area contributed by atoms with Gasteiger partial charge in [-0.1, -0.05) is 77.6 Å². The number of hydrogen-bond donors (Lipinski definition) is 2. The van der Waals surface area contributed by atoms with Gasteiger partial charge in [-0.15, -0.1) is 10.2 Å². The molecule has 1 aliphatic rings. The van der Waals surface area contributed by atoms with Crippen molar-refractivity contribution in [2.75, 3.05) is 4.90 Å². The Morgan fingerprint density at radius 2 is 1.54 bits per heavy atom. The van der Waals surface area contributed by atoms with Gasteiger partial charge in [0.25, 0.3) is 0 Å². The molecule has 5 aromatic rings. The first-order valence-electron chi connectivity index (χ1n) is 14.4. The van der Waals surface area contributed by atoms with Gasteiger partial charge in [0.05, 0.1) is 18.5 Å². The fourth-order valence-corrected chi connectivity index (χ4v) is 5.25. The Kier molecular flexibility index (Phi) is 8.85. The van der Waals surface area contributed by atoms with Crippen LogP contribution in [0.15, 0.2) is 72.8 Å². The largest absolute Gasteiger partial charge is 0.454 e. The van der Waals surface area contributed by atoms with Crippen molar-refractivity contribution >= 4 is 17.8 Å². The van der Waals surface area contributed by atoms with Crippen LogP contribution in [0.1, 0.15) is 40.2 Å². The smallest absolute Gasteiger partial charge is 0.442 e. The van der Waals surface area contributed by atoms with E-state index in [1.165, 1.54) is 0 Å². The topological polar surface area (TPSA) is 169 Å². The zero-order valence-electron chi connectivity index (χ0n) is 25.1. The lowest BCUT2D eigenvalue weighted by Gasteiger charge is -2.29. The fraction of sp³-hybridized carbons (Fsp3) is 0.219. The zero-order valence-corrected chi connectivity index (χ0v) is 25.1.